The van der Waals surface area contributed by atoms with Gasteiger partial charge in [0.1, 0.15) is 16.8 Å². The van der Waals surface area contributed by atoms with E-state index >= 15 is 0 Å². The molecule has 0 aliphatic carbocycles. The van der Waals surface area contributed by atoms with Crippen LogP contribution in [0.5, 0.6) is 11.6 Å². The van der Waals surface area contributed by atoms with Crippen LogP contribution in [0.4, 0.5) is 23.2 Å². The van der Waals surface area contributed by atoms with Crippen LogP contribution >= 0.6 is 0 Å². The summed E-state index contributed by atoms with van der Waals surface area (Å²) >= 11 is 0. The van der Waals surface area contributed by atoms with Crippen molar-refractivity contribution in [3.05, 3.63) is 76.7 Å². The fraction of sp³-hybridized carbons (Fsp3) is 0.125. The van der Waals surface area contributed by atoms with Gasteiger partial charge in [0.2, 0.25) is 5.88 Å². The lowest BCUT2D eigenvalue weighted by atomic mass is 10.1. The van der Waals surface area contributed by atoms with Gasteiger partial charge in [0.05, 0.1) is 11.3 Å². The maximum atomic E-state index is 13.7. The Morgan fingerprint density at radius 1 is 1.03 bits per heavy atom. The van der Waals surface area contributed by atoms with Crippen LogP contribution in [-0.4, -0.2) is 34.4 Å². The summed E-state index contributed by atoms with van der Waals surface area (Å²) in [5.74, 6) is -0.249. The molecule has 0 atom stereocenters. The smallest absolute Gasteiger partial charge is 0.387 e. The second-order valence-corrected chi connectivity index (χ2v) is 7.39. The Morgan fingerprint density at radius 3 is 2.44 bits per heavy atom. The highest BCUT2D eigenvalue weighted by Crippen LogP contribution is 2.28. The summed E-state index contributed by atoms with van der Waals surface area (Å²) in [5, 5.41) is 4.37. The lowest BCUT2D eigenvalue weighted by Crippen LogP contribution is -2.24. The van der Waals surface area contributed by atoms with Crippen molar-refractivity contribution in [2.75, 3.05) is 12.3 Å². The first-order valence-electron chi connectivity index (χ1n) is 10.5. The number of benzene rings is 2. The van der Waals surface area contributed by atoms with Crippen molar-refractivity contribution in [1.82, 2.24) is 14.8 Å². The Bertz CT molecular complexity index is 1470. The zero-order valence-corrected chi connectivity index (χ0v) is 18.4. The SMILES string of the molecule is N/C=C\c1cc(-n2nc3ccc(OCC(F)F)nc3c(-c3ccc(OC(F)F)cc3)c2=O)ccc1N. The molecule has 0 amide bonds. The zero-order chi connectivity index (χ0) is 25.8. The van der Waals surface area contributed by atoms with Crippen molar-refractivity contribution in [2.24, 2.45) is 5.73 Å². The van der Waals surface area contributed by atoms with Crippen LogP contribution in [0, 0.1) is 0 Å². The Labute approximate surface area is 201 Å². The van der Waals surface area contributed by atoms with E-state index in [4.69, 9.17) is 16.2 Å². The molecule has 36 heavy (non-hydrogen) atoms. The summed E-state index contributed by atoms with van der Waals surface area (Å²) in [5.41, 5.74) is 12.8. The molecule has 2 aromatic heterocycles. The molecule has 0 aliphatic rings. The molecule has 0 radical (unpaired) electrons. The highest BCUT2D eigenvalue weighted by Gasteiger charge is 2.18. The Kier molecular flexibility index (Phi) is 7.04. The van der Waals surface area contributed by atoms with Gasteiger partial charge in [-0.25, -0.2) is 13.8 Å². The number of fused-ring (bicyclic) bond motifs is 1. The molecule has 0 saturated heterocycles. The van der Waals surface area contributed by atoms with Crippen LogP contribution in [-0.2, 0) is 0 Å². The highest BCUT2D eigenvalue weighted by molar-refractivity contribution is 5.91. The van der Waals surface area contributed by atoms with Crippen molar-refractivity contribution in [2.45, 2.75) is 13.0 Å². The largest absolute Gasteiger partial charge is 0.472 e. The monoisotopic (exact) mass is 501 g/mol. The Hall–Kier alpha value is -4.61. The molecule has 8 nitrogen and oxygen atoms in total. The van der Waals surface area contributed by atoms with Crippen molar-refractivity contribution < 1.29 is 27.0 Å². The fourth-order valence-electron chi connectivity index (χ4n) is 3.47. The molecule has 4 rings (SSSR count). The number of nitrogens with two attached hydrogens (primary N) is 2. The molecule has 4 N–H and O–H groups in total. The number of hydrogen-bond acceptors (Lipinski definition) is 7. The van der Waals surface area contributed by atoms with Gasteiger partial charge in [-0.15, -0.1) is 0 Å². The number of aromatic nitrogens is 3. The number of nitrogens with zero attached hydrogens (tertiary/aromatic N) is 3. The van der Waals surface area contributed by atoms with Crippen LogP contribution in [0.15, 0.2) is 65.6 Å². The van der Waals surface area contributed by atoms with Crippen LogP contribution in [0.25, 0.3) is 33.9 Å². The molecule has 2 heterocycles. The maximum Gasteiger partial charge on any atom is 0.387 e. The minimum atomic E-state index is -3.02. The molecule has 0 aliphatic heterocycles. The number of alkyl halides is 4. The maximum absolute atomic E-state index is 13.7. The fourth-order valence-corrected chi connectivity index (χ4v) is 3.47. The highest BCUT2D eigenvalue weighted by atomic mass is 19.3. The number of pyridine rings is 1. The van der Waals surface area contributed by atoms with E-state index in [9.17, 15) is 22.4 Å². The van der Waals surface area contributed by atoms with Gasteiger partial charge < -0.3 is 20.9 Å². The van der Waals surface area contributed by atoms with Crippen LogP contribution in [0.1, 0.15) is 5.56 Å². The van der Waals surface area contributed by atoms with Crippen LogP contribution < -0.4 is 26.5 Å². The third-order valence-electron chi connectivity index (χ3n) is 5.02. The summed E-state index contributed by atoms with van der Waals surface area (Å²) < 4.78 is 60.9. The summed E-state index contributed by atoms with van der Waals surface area (Å²) in [4.78, 5) is 17.9. The van der Waals surface area contributed by atoms with Gasteiger partial charge in [0, 0.05) is 17.3 Å². The van der Waals surface area contributed by atoms with Gasteiger partial charge in [-0.1, -0.05) is 12.1 Å². The minimum Gasteiger partial charge on any atom is -0.472 e. The number of halogens is 4. The van der Waals surface area contributed by atoms with Gasteiger partial charge in [-0.05, 0) is 54.2 Å². The number of hydrogen-bond donors (Lipinski definition) is 2. The third kappa shape index (κ3) is 5.22. The molecule has 0 bridgehead atoms. The van der Waals surface area contributed by atoms with Gasteiger partial charge in [-0.2, -0.15) is 18.6 Å². The van der Waals surface area contributed by atoms with E-state index in [0.717, 1.165) is 4.68 Å². The lowest BCUT2D eigenvalue weighted by Gasteiger charge is -2.13. The van der Waals surface area contributed by atoms with E-state index in [0.29, 0.717) is 22.5 Å². The number of rotatable bonds is 8. The first-order chi connectivity index (χ1) is 17.3. The lowest BCUT2D eigenvalue weighted by molar-refractivity contribution is -0.0498. The predicted molar refractivity (Wildman–Crippen MR) is 126 cm³/mol. The summed E-state index contributed by atoms with van der Waals surface area (Å²) in [7, 11) is 0. The summed E-state index contributed by atoms with van der Waals surface area (Å²) in [6.07, 6.45) is 0.130. The van der Waals surface area contributed by atoms with Gasteiger partial charge in [-0.3, -0.25) is 4.79 Å². The van der Waals surface area contributed by atoms with E-state index in [1.165, 1.54) is 42.6 Å². The minimum absolute atomic E-state index is 0.0406. The van der Waals surface area contributed by atoms with Crippen LogP contribution in [0.3, 0.4) is 0 Å². The van der Waals surface area contributed by atoms with Crippen molar-refractivity contribution in [1.29, 1.82) is 0 Å². The normalized spacial score (nSPS) is 11.6. The Balaban J connectivity index is 1.93. The number of nitrogen functional groups attached to an aromatic ring is 1. The average molecular weight is 501 g/mol. The van der Waals surface area contributed by atoms with Crippen LogP contribution in [0.2, 0.25) is 0 Å². The van der Waals surface area contributed by atoms with Crippen molar-refractivity contribution in [3.8, 4) is 28.4 Å². The molecule has 186 valence electrons. The van der Waals surface area contributed by atoms with Gasteiger partial charge in [0.15, 0.2) is 6.61 Å². The molecule has 12 heteroatoms. The Morgan fingerprint density at radius 2 is 1.78 bits per heavy atom. The van der Waals surface area contributed by atoms with E-state index in [1.807, 2.05) is 0 Å². The quantitative estimate of drug-likeness (QED) is 0.274. The summed E-state index contributed by atoms with van der Waals surface area (Å²) in [6, 6.07) is 12.9. The first kappa shape index (κ1) is 24.5. The predicted octanol–water partition coefficient (Wildman–Crippen LogP) is 4.20. The second-order valence-electron chi connectivity index (χ2n) is 7.39. The van der Waals surface area contributed by atoms with Crippen molar-refractivity contribution >= 4 is 22.8 Å². The number of ether oxygens (including phenoxy) is 2. The van der Waals surface area contributed by atoms with E-state index in [1.54, 1.807) is 24.3 Å². The van der Waals surface area contributed by atoms with E-state index in [-0.39, 0.29) is 28.2 Å². The standard InChI is InChI=1S/C24H19F4N5O3/c25-19(26)12-35-20-8-7-18-22(31-20)21(13-1-4-16(5-2-13)36-24(27)28)23(34)33(32-18)15-3-6-17(30)14(11-15)9-10-29/h1-11,19,24H,12,29-30H2/b10-9-. The molecule has 4 aromatic rings. The molecular formula is C24H19F4N5O3. The molecule has 0 saturated carbocycles. The second kappa shape index (κ2) is 10.3. The van der Waals surface area contributed by atoms with E-state index in [2.05, 4.69) is 14.8 Å². The molecule has 2 aromatic carbocycles. The molecule has 0 spiro atoms. The van der Waals surface area contributed by atoms with Gasteiger partial charge in [0.25, 0.3) is 12.0 Å². The average Bonchev–Trinajstić information content (AvgIpc) is 2.84. The van der Waals surface area contributed by atoms with Gasteiger partial charge >= 0.3 is 6.61 Å². The van der Waals surface area contributed by atoms with Crippen molar-refractivity contribution in [3.63, 3.8) is 0 Å². The molecule has 0 fully saturated rings. The van der Waals surface area contributed by atoms with E-state index < -0.39 is 25.2 Å². The zero-order valence-electron chi connectivity index (χ0n) is 18.4. The topological polar surface area (TPSA) is 118 Å². The first-order valence-corrected chi connectivity index (χ1v) is 10.5. The summed E-state index contributed by atoms with van der Waals surface area (Å²) in [6.45, 7) is -3.91. The molecular weight excluding hydrogens is 482 g/mol. The third-order valence-corrected chi connectivity index (χ3v) is 5.02. The molecule has 0 unspecified atom stereocenters. The number of anilines is 1.